The Hall–Kier alpha value is -1.78. The number of carbonyl (C=O) groups is 1. The maximum Gasteiger partial charge on any atom is 0.319 e. The molecule has 0 aromatic heterocycles. The van der Waals surface area contributed by atoms with Gasteiger partial charge in [-0.15, -0.1) is 0 Å². The monoisotopic (exact) mass is 251 g/mol. The van der Waals surface area contributed by atoms with Crippen molar-refractivity contribution < 1.29 is 9.18 Å². The summed E-state index contributed by atoms with van der Waals surface area (Å²) in [6.07, 6.45) is 0. The second-order valence-corrected chi connectivity index (χ2v) is 4.60. The highest BCUT2D eigenvalue weighted by atomic mass is 19.1. The fourth-order valence-electron chi connectivity index (χ4n) is 2.13. The van der Waals surface area contributed by atoms with Crippen LogP contribution in [0.15, 0.2) is 24.3 Å². The Labute approximate surface area is 107 Å². The number of para-hydroxylation sites is 1. The van der Waals surface area contributed by atoms with Gasteiger partial charge in [0.05, 0.1) is 5.69 Å². The van der Waals surface area contributed by atoms with E-state index in [0.29, 0.717) is 31.9 Å². The smallest absolute Gasteiger partial charge is 0.319 e. The fraction of sp³-hybridized carbons (Fsp3) is 0.462. The quantitative estimate of drug-likeness (QED) is 0.758. The largest absolute Gasteiger partial charge is 0.366 e. The minimum atomic E-state index is -0.204. The van der Waals surface area contributed by atoms with E-state index in [1.165, 1.54) is 6.07 Å². The van der Waals surface area contributed by atoms with Crippen LogP contribution in [0.5, 0.6) is 0 Å². The molecule has 0 radical (unpaired) electrons. The van der Waals surface area contributed by atoms with Gasteiger partial charge in [0.1, 0.15) is 5.82 Å². The van der Waals surface area contributed by atoms with Crippen LogP contribution in [0.3, 0.4) is 0 Å². The Morgan fingerprint density at radius 1 is 1.17 bits per heavy atom. The van der Waals surface area contributed by atoms with Gasteiger partial charge in [-0.2, -0.15) is 0 Å². The molecule has 1 heterocycles. The van der Waals surface area contributed by atoms with Crippen molar-refractivity contribution in [2.45, 2.75) is 0 Å². The van der Waals surface area contributed by atoms with Crippen molar-refractivity contribution in [3.8, 4) is 0 Å². The van der Waals surface area contributed by atoms with E-state index in [1.807, 2.05) is 11.0 Å². The molecule has 1 fully saturated rings. The van der Waals surface area contributed by atoms with Crippen molar-refractivity contribution >= 4 is 11.7 Å². The zero-order chi connectivity index (χ0) is 13.1. The number of halogens is 1. The van der Waals surface area contributed by atoms with Crippen LogP contribution < -0.4 is 4.90 Å². The first kappa shape index (κ1) is 12.7. The molecule has 5 heteroatoms. The van der Waals surface area contributed by atoms with Crippen molar-refractivity contribution in [1.29, 1.82) is 0 Å². The van der Waals surface area contributed by atoms with Gasteiger partial charge in [0.2, 0.25) is 0 Å². The molecule has 0 saturated carbocycles. The highest BCUT2D eigenvalue weighted by molar-refractivity contribution is 5.74. The van der Waals surface area contributed by atoms with E-state index in [1.54, 1.807) is 36.0 Å². The number of rotatable bonds is 1. The highest BCUT2D eigenvalue weighted by Gasteiger charge is 2.23. The Morgan fingerprint density at radius 3 is 2.33 bits per heavy atom. The lowest BCUT2D eigenvalue weighted by Crippen LogP contribution is -2.51. The Morgan fingerprint density at radius 2 is 1.78 bits per heavy atom. The maximum absolute atomic E-state index is 13.6. The number of hydrogen-bond acceptors (Lipinski definition) is 2. The van der Waals surface area contributed by atoms with E-state index in [2.05, 4.69) is 0 Å². The third-order valence-electron chi connectivity index (χ3n) is 3.13. The van der Waals surface area contributed by atoms with Crippen LogP contribution in [0.25, 0.3) is 0 Å². The van der Waals surface area contributed by atoms with Gasteiger partial charge in [0, 0.05) is 40.3 Å². The molecule has 1 aliphatic heterocycles. The molecule has 2 rings (SSSR count). The molecule has 98 valence electrons. The van der Waals surface area contributed by atoms with Crippen molar-refractivity contribution in [3.05, 3.63) is 30.1 Å². The number of hydrogen-bond donors (Lipinski definition) is 0. The van der Waals surface area contributed by atoms with E-state index >= 15 is 0 Å². The average Bonchev–Trinajstić information content (AvgIpc) is 2.38. The zero-order valence-corrected chi connectivity index (χ0v) is 10.8. The molecule has 1 aromatic rings. The van der Waals surface area contributed by atoms with E-state index in [4.69, 9.17) is 0 Å². The summed E-state index contributed by atoms with van der Waals surface area (Å²) >= 11 is 0. The molecule has 0 bridgehead atoms. The third-order valence-corrected chi connectivity index (χ3v) is 3.13. The van der Waals surface area contributed by atoms with E-state index < -0.39 is 0 Å². The van der Waals surface area contributed by atoms with Gasteiger partial charge in [0.25, 0.3) is 0 Å². The summed E-state index contributed by atoms with van der Waals surface area (Å²) in [4.78, 5) is 17.1. The lowest BCUT2D eigenvalue weighted by Gasteiger charge is -2.37. The lowest BCUT2D eigenvalue weighted by molar-refractivity contribution is 0.168. The fourth-order valence-corrected chi connectivity index (χ4v) is 2.13. The molecule has 1 aliphatic rings. The Bertz CT molecular complexity index is 428. The second kappa shape index (κ2) is 5.25. The topological polar surface area (TPSA) is 26.8 Å². The molecule has 1 saturated heterocycles. The van der Waals surface area contributed by atoms with Crippen LogP contribution in [0.4, 0.5) is 14.9 Å². The summed E-state index contributed by atoms with van der Waals surface area (Å²) in [5.41, 5.74) is 0.620. The predicted molar refractivity (Wildman–Crippen MR) is 69.3 cm³/mol. The van der Waals surface area contributed by atoms with Crippen LogP contribution in [0.2, 0.25) is 0 Å². The summed E-state index contributed by atoms with van der Waals surface area (Å²) in [5, 5.41) is 0. The molecular weight excluding hydrogens is 233 g/mol. The number of urea groups is 1. The first-order chi connectivity index (χ1) is 8.59. The number of piperazine rings is 1. The number of benzene rings is 1. The molecular formula is C13H18FN3O. The summed E-state index contributed by atoms with van der Waals surface area (Å²) in [5.74, 6) is -0.204. The normalized spacial score (nSPS) is 15.7. The Balaban J connectivity index is 1.99. The van der Waals surface area contributed by atoms with Crippen LogP contribution in [0, 0.1) is 5.82 Å². The summed E-state index contributed by atoms with van der Waals surface area (Å²) in [6.45, 7) is 2.59. The minimum absolute atomic E-state index is 0.0168. The van der Waals surface area contributed by atoms with Crippen molar-refractivity contribution in [1.82, 2.24) is 9.80 Å². The zero-order valence-electron chi connectivity index (χ0n) is 10.8. The summed E-state index contributed by atoms with van der Waals surface area (Å²) in [7, 11) is 3.48. The molecule has 4 nitrogen and oxygen atoms in total. The molecule has 0 atom stereocenters. The Kier molecular flexibility index (Phi) is 3.69. The summed E-state index contributed by atoms with van der Waals surface area (Å²) < 4.78 is 13.6. The molecule has 0 unspecified atom stereocenters. The van der Waals surface area contributed by atoms with E-state index in [0.717, 1.165) is 0 Å². The van der Waals surface area contributed by atoms with Crippen LogP contribution in [-0.4, -0.2) is 56.1 Å². The highest BCUT2D eigenvalue weighted by Crippen LogP contribution is 2.20. The van der Waals surface area contributed by atoms with Gasteiger partial charge in [-0.3, -0.25) is 0 Å². The van der Waals surface area contributed by atoms with E-state index in [-0.39, 0.29) is 11.8 Å². The second-order valence-electron chi connectivity index (χ2n) is 4.60. The van der Waals surface area contributed by atoms with Gasteiger partial charge >= 0.3 is 6.03 Å². The molecule has 2 amide bonds. The molecule has 18 heavy (non-hydrogen) atoms. The number of carbonyl (C=O) groups excluding carboxylic acids is 1. The van der Waals surface area contributed by atoms with Crippen LogP contribution in [0.1, 0.15) is 0 Å². The summed E-state index contributed by atoms with van der Waals surface area (Å²) in [6, 6.07) is 6.77. The first-order valence-electron chi connectivity index (χ1n) is 6.05. The standard InChI is InChI=1S/C13H18FN3O/c1-15(2)13(18)17-9-7-16(8-10-17)12-6-4-3-5-11(12)14/h3-6H,7-10H2,1-2H3. The van der Waals surface area contributed by atoms with Crippen molar-refractivity contribution in [2.75, 3.05) is 45.2 Å². The minimum Gasteiger partial charge on any atom is -0.366 e. The van der Waals surface area contributed by atoms with Crippen LogP contribution >= 0.6 is 0 Å². The molecule has 0 spiro atoms. The first-order valence-corrected chi connectivity index (χ1v) is 6.05. The van der Waals surface area contributed by atoms with Gasteiger partial charge in [-0.1, -0.05) is 12.1 Å². The van der Waals surface area contributed by atoms with Gasteiger partial charge in [-0.25, -0.2) is 9.18 Å². The predicted octanol–water partition coefficient (Wildman–Crippen LogP) is 1.63. The van der Waals surface area contributed by atoms with Crippen molar-refractivity contribution in [2.24, 2.45) is 0 Å². The maximum atomic E-state index is 13.6. The van der Waals surface area contributed by atoms with Crippen LogP contribution in [-0.2, 0) is 0 Å². The van der Waals surface area contributed by atoms with Gasteiger partial charge in [-0.05, 0) is 12.1 Å². The number of nitrogens with zero attached hydrogens (tertiary/aromatic N) is 3. The molecule has 0 N–H and O–H groups in total. The van der Waals surface area contributed by atoms with Gasteiger partial charge < -0.3 is 14.7 Å². The average molecular weight is 251 g/mol. The van der Waals surface area contributed by atoms with Gasteiger partial charge in [0.15, 0.2) is 0 Å². The van der Waals surface area contributed by atoms with Crippen molar-refractivity contribution in [3.63, 3.8) is 0 Å². The van der Waals surface area contributed by atoms with E-state index in [9.17, 15) is 9.18 Å². The number of anilines is 1. The molecule has 1 aromatic carbocycles. The lowest BCUT2D eigenvalue weighted by atomic mass is 10.2. The number of amides is 2. The third kappa shape index (κ3) is 2.55. The SMILES string of the molecule is CN(C)C(=O)N1CCN(c2ccccc2F)CC1. The molecule has 0 aliphatic carbocycles.